The number of pyridine rings is 1. The number of piperidine rings is 1. The summed E-state index contributed by atoms with van der Waals surface area (Å²) < 4.78 is 3.96. The summed E-state index contributed by atoms with van der Waals surface area (Å²) in [6.07, 6.45) is 10.5. The molecule has 0 bridgehead atoms. The maximum atomic E-state index is 4.89. The number of hydrogen-bond donors (Lipinski definition) is 2. The molecule has 0 saturated carbocycles. The third kappa shape index (κ3) is 3.48. The van der Waals surface area contributed by atoms with Gasteiger partial charge in [-0.3, -0.25) is 4.68 Å². The Morgan fingerprint density at radius 1 is 1.10 bits per heavy atom. The Kier molecular flexibility index (Phi) is 4.49. The monoisotopic (exact) mass is 412 g/mol. The molecule has 0 atom stereocenters. The van der Waals surface area contributed by atoms with Gasteiger partial charge in [0, 0.05) is 24.0 Å². The van der Waals surface area contributed by atoms with Crippen LogP contribution in [0.1, 0.15) is 30.0 Å². The first-order chi connectivity index (χ1) is 15.3. The van der Waals surface area contributed by atoms with Gasteiger partial charge in [-0.05, 0) is 61.3 Å². The summed E-state index contributed by atoms with van der Waals surface area (Å²) in [5.41, 5.74) is 7.05. The Balaban J connectivity index is 1.29. The van der Waals surface area contributed by atoms with Crippen LogP contribution in [0.4, 0.5) is 5.69 Å². The van der Waals surface area contributed by atoms with E-state index in [4.69, 9.17) is 4.98 Å². The second kappa shape index (κ2) is 7.63. The van der Waals surface area contributed by atoms with Crippen molar-refractivity contribution in [1.82, 2.24) is 35.1 Å². The van der Waals surface area contributed by atoms with Crippen molar-refractivity contribution in [2.24, 2.45) is 0 Å². The van der Waals surface area contributed by atoms with E-state index in [-0.39, 0.29) is 0 Å². The number of aromatic nitrogens is 6. The Morgan fingerprint density at radius 2 is 2.03 bits per heavy atom. The Bertz CT molecular complexity index is 1260. The highest BCUT2D eigenvalue weighted by atomic mass is 15.4. The van der Waals surface area contributed by atoms with E-state index in [2.05, 4.69) is 67.3 Å². The zero-order valence-electron chi connectivity index (χ0n) is 17.2. The lowest BCUT2D eigenvalue weighted by Gasteiger charge is -2.22. The molecule has 8 nitrogen and oxygen atoms in total. The van der Waals surface area contributed by atoms with Crippen molar-refractivity contribution >= 4 is 22.9 Å². The van der Waals surface area contributed by atoms with Crippen molar-refractivity contribution in [2.45, 2.75) is 25.4 Å². The van der Waals surface area contributed by atoms with Gasteiger partial charge in [-0.2, -0.15) is 5.10 Å². The number of fused-ring (bicyclic) bond motifs is 2. The highest BCUT2D eigenvalue weighted by molar-refractivity contribution is 5.75. The van der Waals surface area contributed by atoms with Crippen LogP contribution in [0.15, 0.2) is 48.8 Å². The second-order valence-corrected chi connectivity index (χ2v) is 8.18. The highest BCUT2D eigenvalue weighted by Gasteiger charge is 2.17. The fourth-order valence-corrected chi connectivity index (χ4v) is 4.40. The summed E-state index contributed by atoms with van der Waals surface area (Å²) in [7, 11) is 0. The molecular weight excluding hydrogens is 388 g/mol. The Labute approximate surface area is 180 Å². The fourth-order valence-electron chi connectivity index (χ4n) is 4.40. The van der Waals surface area contributed by atoms with Gasteiger partial charge in [0.1, 0.15) is 5.52 Å². The van der Waals surface area contributed by atoms with Crippen molar-refractivity contribution in [1.29, 1.82) is 0 Å². The lowest BCUT2D eigenvalue weighted by molar-refractivity contribution is 0.343. The molecule has 31 heavy (non-hydrogen) atoms. The Hall–Kier alpha value is -3.52. The van der Waals surface area contributed by atoms with Crippen molar-refractivity contribution in [3.05, 3.63) is 59.9 Å². The van der Waals surface area contributed by atoms with Crippen molar-refractivity contribution in [2.75, 3.05) is 25.0 Å². The first kappa shape index (κ1) is 18.3. The third-order valence-corrected chi connectivity index (χ3v) is 6.10. The average molecular weight is 413 g/mol. The van der Waals surface area contributed by atoms with E-state index in [0.29, 0.717) is 12.6 Å². The van der Waals surface area contributed by atoms with E-state index >= 15 is 0 Å². The van der Waals surface area contributed by atoms with E-state index in [0.717, 1.165) is 54.9 Å². The first-order valence-electron chi connectivity index (χ1n) is 10.8. The topological polar surface area (TPSA) is 85.5 Å². The average Bonchev–Trinajstić information content (AvgIpc) is 3.47. The quantitative estimate of drug-likeness (QED) is 0.536. The van der Waals surface area contributed by atoms with Crippen LogP contribution in [-0.4, -0.2) is 49.4 Å². The predicted octanol–water partition coefficient (Wildman–Crippen LogP) is 3.10. The number of nitrogens with one attached hydrogen (secondary N) is 2. The van der Waals surface area contributed by atoms with Crippen LogP contribution in [0.25, 0.3) is 28.5 Å². The fraction of sp³-hybridized carbons (Fsp3) is 0.304. The van der Waals surface area contributed by atoms with Crippen molar-refractivity contribution in [3.63, 3.8) is 0 Å². The molecule has 2 aliphatic rings. The molecule has 0 radical (unpaired) electrons. The van der Waals surface area contributed by atoms with E-state index in [1.165, 1.54) is 16.8 Å². The number of rotatable bonds is 4. The smallest absolute Gasteiger partial charge is 0.179 e. The van der Waals surface area contributed by atoms with Gasteiger partial charge >= 0.3 is 0 Å². The molecule has 5 heterocycles. The first-order valence-corrected chi connectivity index (χ1v) is 10.8. The molecule has 1 aromatic carbocycles. The van der Waals surface area contributed by atoms with Crippen molar-refractivity contribution in [3.8, 4) is 11.3 Å². The van der Waals surface area contributed by atoms with Gasteiger partial charge in [0.25, 0.3) is 0 Å². The molecule has 1 fully saturated rings. The SMILES string of the molecule is C1=Cc2cc(Cn3nnc4ccc(-c5cnn(C6CCNCC6)c5)nc43)ccc2NC1. The molecule has 0 amide bonds. The van der Waals surface area contributed by atoms with Crippen molar-refractivity contribution < 1.29 is 0 Å². The van der Waals surface area contributed by atoms with E-state index < -0.39 is 0 Å². The molecular formula is C23H24N8. The van der Waals surface area contributed by atoms with E-state index in [9.17, 15) is 0 Å². The van der Waals surface area contributed by atoms with Crippen LogP contribution in [-0.2, 0) is 6.54 Å². The molecule has 2 aliphatic heterocycles. The van der Waals surface area contributed by atoms with Gasteiger partial charge in [0.2, 0.25) is 0 Å². The highest BCUT2D eigenvalue weighted by Crippen LogP contribution is 2.25. The molecule has 8 heteroatoms. The molecule has 0 spiro atoms. The zero-order chi connectivity index (χ0) is 20.6. The van der Waals surface area contributed by atoms with Gasteiger partial charge in [-0.25, -0.2) is 9.67 Å². The molecule has 156 valence electrons. The summed E-state index contributed by atoms with van der Waals surface area (Å²) in [6, 6.07) is 10.9. The number of benzene rings is 1. The largest absolute Gasteiger partial charge is 0.381 e. The molecule has 1 saturated heterocycles. The van der Waals surface area contributed by atoms with Crippen LogP contribution in [0.2, 0.25) is 0 Å². The number of anilines is 1. The molecule has 3 aromatic heterocycles. The van der Waals surface area contributed by atoms with Crippen LogP contribution < -0.4 is 10.6 Å². The predicted molar refractivity (Wildman–Crippen MR) is 121 cm³/mol. The summed E-state index contributed by atoms with van der Waals surface area (Å²) in [6.45, 7) is 3.59. The maximum Gasteiger partial charge on any atom is 0.179 e. The summed E-state index contributed by atoms with van der Waals surface area (Å²) >= 11 is 0. The minimum Gasteiger partial charge on any atom is -0.381 e. The minimum absolute atomic E-state index is 0.457. The standard InChI is InChI=1S/C23H24N8/c1-2-17-12-16(3-4-20(17)25-9-1)14-31-23-22(28-29-31)6-5-21(27-23)18-13-26-30(15-18)19-7-10-24-11-8-19/h1-6,12-13,15,19,24-25H,7-11,14H2. The molecule has 0 aliphatic carbocycles. The summed E-state index contributed by atoms with van der Waals surface area (Å²) in [4.78, 5) is 4.89. The van der Waals surface area contributed by atoms with Crippen LogP contribution in [0, 0.1) is 0 Å². The van der Waals surface area contributed by atoms with Crippen LogP contribution in [0.3, 0.4) is 0 Å². The molecule has 2 N–H and O–H groups in total. The summed E-state index contributed by atoms with van der Waals surface area (Å²) in [5.74, 6) is 0. The van der Waals surface area contributed by atoms with Gasteiger partial charge in [-0.15, -0.1) is 5.10 Å². The molecule has 4 aromatic rings. The normalized spacial score (nSPS) is 16.4. The Morgan fingerprint density at radius 3 is 2.97 bits per heavy atom. The summed E-state index contributed by atoms with van der Waals surface area (Å²) in [5, 5.41) is 20.1. The van der Waals surface area contributed by atoms with E-state index in [1.807, 2.05) is 23.0 Å². The lowest BCUT2D eigenvalue weighted by Crippen LogP contribution is -2.29. The second-order valence-electron chi connectivity index (χ2n) is 8.18. The molecule has 0 unspecified atom stereocenters. The van der Waals surface area contributed by atoms with E-state index in [1.54, 1.807) is 0 Å². The maximum absolute atomic E-state index is 4.89. The zero-order valence-corrected chi connectivity index (χ0v) is 17.2. The van der Waals surface area contributed by atoms with Crippen LogP contribution in [0.5, 0.6) is 0 Å². The van der Waals surface area contributed by atoms with Gasteiger partial charge < -0.3 is 10.6 Å². The molecule has 6 rings (SSSR count). The third-order valence-electron chi connectivity index (χ3n) is 6.10. The van der Waals surface area contributed by atoms with Crippen LogP contribution >= 0.6 is 0 Å². The van der Waals surface area contributed by atoms with Gasteiger partial charge in [-0.1, -0.05) is 23.4 Å². The number of hydrogen-bond acceptors (Lipinski definition) is 6. The lowest BCUT2D eigenvalue weighted by atomic mass is 10.1. The number of nitrogens with zero attached hydrogens (tertiary/aromatic N) is 6. The minimum atomic E-state index is 0.457. The van der Waals surface area contributed by atoms with Gasteiger partial charge in [0.05, 0.1) is 24.5 Å². The van der Waals surface area contributed by atoms with Gasteiger partial charge in [0.15, 0.2) is 5.65 Å².